The van der Waals surface area contributed by atoms with Gasteiger partial charge in [-0.3, -0.25) is 34.6 Å². The Morgan fingerprint density at radius 2 is 1.83 bits per heavy atom. The molecule has 14 nitrogen and oxygen atoms in total. The van der Waals surface area contributed by atoms with Gasteiger partial charge in [0.25, 0.3) is 17.3 Å². The van der Waals surface area contributed by atoms with Gasteiger partial charge in [-0.15, -0.1) is 0 Å². The fourth-order valence-electron chi connectivity index (χ4n) is 3.44. The van der Waals surface area contributed by atoms with Gasteiger partial charge in [0, 0.05) is 31.2 Å². The van der Waals surface area contributed by atoms with Crippen molar-refractivity contribution in [3.05, 3.63) is 56.6 Å². The number of amides is 2. The standard InChI is InChI=1S/C21H20N4O10/c1-33-14-4-6-16(25(31)32)15(9-14)22-19(26)11-35-21(28)12-7-20(27)23(10-12)17-5-3-13(24(29)30)8-18(17)34-2/h3-6,8-9,12H,7,10-11H2,1-2H3,(H,22,26)/t12-/m1/s1. The number of rotatable bonds is 9. The van der Waals surface area contributed by atoms with E-state index in [0.29, 0.717) is 0 Å². The molecule has 0 spiro atoms. The maximum atomic E-state index is 12.5. The second-order valence-electron chi connectivity index (χ2n) is 7.31. The quantitative estimate of drug-likeness (QED) is 0.312. The first-order valence-electron chi connectivity index (χ1n) is 10.1. The molecule has 1 atom stereocenters. The molecular weight excluding hydrogens is 468 g/mol. The Kier molecular flexibility index (Phi) is 7.43. The van der Waals surface area contributed by atoms with Crippen molar-refractivity contribution in [3.63, 3.8) is 0 Å². The molecule has 2 aromatic rings. The monoisotopic (exact) mass is 488 g/mol. The molecule has 14 heteroatoms. The van der Waals surface area contributed by atoms with E-state index in [1.807, 2.05) is 0 Å². The summed E-state index contributed by atoms with van der Waals surface area (Å²) < 4.78 is 15.1. The van der Waals surface area contributed by atoms with Crippen molar-refractivity contribution in [3.8, 4) is 11.5 Å². The summed E-state index contributed by atoms with van der Waals surface area (Å²) in [4.78, 5) is 59.3. The van der Waals surface area contributed by atoms with Crippen molar-refractivity contribution in [2.75, 3.05) is 37.6 Å². The Morgan fingerprint density at radius 3 is 2.46 bits per heavy atom. The zero-order valence-corrected chi connectivity index (χ0v) is 18.6. The second kappa shape index (κ2) is 10.5. The minimum Gasteiger partial charge on any atom is -0.497 e. The summed E-state index contributed by atoms with van der Waals surface area (Å²) in [5.74, 6) is -2.63. The molecule has 0 aliphatic carbocycles. The van der Waals surface area contributed by atoms with Gasteiger partial charge in [-0.05, 0) is 12.1 Å². The summed E-state index contributed by atoms with van der Waals surface area (Å²) in [6, 6.07) is 7.48. The van der Waals surface area contributed by atoms with E-state index in [0.717, 1.165) is 12.1 Å². The van der Waals surface area contributed by atoms with Gasteiger partial charge in [0.05, 0.1) is 41.7 Å². The molecule has 0 unspecified atom stereocenters. The van der Waals surface area contributed by atoms with E-state index < -0.39 is 40.2 Å². The molecule has 35 heavy (non-hydrogen) atoms. The Balaban J connectivity index is 1.63. The van der Waals surface area contributed by atoms with E-state index in [4.69, 9.17) is 14.2 Å². The molecule has 0 radical (unpaired) electrons. The van der Waals surface area contributed by atoms with Crippen molar-refractivity contribution < 1.29 is 38.4 Å². The van der Waals surface area contributed by atoms with Gasteiger partial charge in [0.2, 0.25) is 5.91 Å². The highest BCUT2D eigenvalue weighted by Crippen LogP contribution is 2.36. The third kappa shape index (κ3) is 5.61. The van der Waals surface area contributed by atoms with Gasteiger partial charge in [0.1, 0.15) is 17.2 Å². The van der Waals surface area contributed by atoms with Gasteiger partial charge >= 0.3 is 5.97 Å². The maximum absolute atomic E-state index is 12.5. The predicted molar refractivity (Wildman–Crippen MR) is 119 cm³/mol. The SMILES string of the molecule is COc1ccc([N+](=O)[O-])c(NC(=O)COC(=O)[C@@H]2CC(=O)N(c3ccc([N+](=O)[O-])cc3OC)C2)c1. The van der Waals surface area contributed by atoms with E-state index in [1.54, 1.807) is 0 Å². The highest BCUT2D eigenvalue weighted by Gasteiger charge is 2.38. The Bertz CT molecular complexity index is 1200. The smallest absolute Gasteiger partial charge is 0.311 e. The number of nitro benzene ring substituents is 2. The number of anilines is 2. The van der Waals surface area contributed by atoms with Crippen LogP contribution in [-0.4, -0.2) is 55.0 Å². The molecule has 1 aliphatic heterocycles. The number of esters is 1. The van der Waals surface area contributed by atoms with E-state index in [2.05, 4.69) is 5.32 Å². The van der Waals surface area contributed by atoms with Crippen LogP contribution in [0.4, 0.5) is 22.7 Å². The first-order chi connectivity index (χ1) is 16.6. The molecule has 1 N–H and O–H groups in total. The fourth-order valence-corrected chi connectivity index (χ4v) is 3.44. The van der Waals surface area contributed by atoms with Crippen LogP contribution < -0.4 is 19.7 Å². The van der Waals surface area contributed by atoms with Crippen molar-refractivity contribution >= 4 is 40.5 Å². The van der Waals surface area contributed by atoms with Crippen LogP contribution in [-0.2, 0) is 19.1 Å². The lowest BCUT2D eigenvalue weighted by atomic mass is 10.1. The molecule has 2 aromatic carbocycles. The van der Waals surface area contributed by atoms with Gasteiger partial charge in [-0.2, -0.15) is 0 Å². The van der Waals surface area contributed by atoms with Crippen LogP contribution in [0, 0.1) is 26.1 Å². The molecule has 1 saturated heterocycles. The normalized spacial score (nSPS) is 14.9. The van der Waals surface area contributed by atoms with Crippen LogP contribution in [0.15, 0.2) is 36.4 Å². The fraction of sp³-hybridized carbons (Fsp3) is 0.286. The second-order valence-corrected chi connectivity index (χ2v) is 7.31. The van der Waals surface area contributed by atoms with Gasteiger partial charge < -0.3 is 24.4 Å². The van der Waals surface area contributed by atoms with Crippen LogP contribution >= 0.6 is 0 Å². The van der Waals surface area contributed by atoms with Crippen LogP contribution in [0.25, 0.3) is 0 Å². The molecule has 3 rings (SSSR count). The number of hydrogen-bond acceptors (Lipinski definition) is 10. The summed E-state index contributed by atoms with van der Waals surface area (Å²) >= 11 is 0. The molecule has 0 saturated carbocycles. The maximum Gasteiger partial charge on any atom is 0.311 e. The zero-order chi connectivity index (χ0) is 25.7. The minimum absolute atomic E-state index is 0.0841. The van der Waals surface area contributed by atoms with Gasteiger partial charge in [0.15, 0.2) is 6.61 Å². The van der Waals surface area contributed by atoms with Crippen molar-refractivity contribution in [2.45, 2.75) is 6.42 Å². The summed E-state index contributed by atoms with van der Waals surface area (Å²) in [5.41, 5.74) is -0.487. The molecule has 0 bridgehead atoms. The highest BCUT2D eigenvalue weighted by atomic mass is 16.6. The first-order valence-corrected chi connectivity index (χ1v) is 10.1. The van der Waals surface area contributed by atoms with Crippen molar-refractivity contribution in [1.82, 2.24) is 0 Å². The Hall–Kier alpha value is -4.75. The molecule has 184 valence electrons. The highest BCUT2D eigenvalue weighted by molar-refractivity contribution is 6.01. The van der Waals surface area contributed by atoms with Crippen LogP contribution in [0.1, 0.15) is 6.42 Å². The zero-order valence-electron chi connectivity index (χ0n) is 18.6. The number of nitrogens with one attached hydrogen (secondary N) is 1. The number of methoxy groups -OCH3 is 2. The van der Waals surface area contributed by atoms with Crippen LogP contribution in [0.5, 0.6) is 11.5 Å². The third-order valence-electron chi connectivity index (χ3n) is 5.14. The average Bonchev–Trinajstić information content (AvgIpc) is 3.23. The lowest BCUT2D eigenvalue weighted by Gasteiger charge is -2.19. The predicted octanol–water partition coefficient (Wildman–Crippen LogP) is 2.05. The molecular formula is C21H20N4O10. The Labute approximate surface area is 197 Å². The largest absolute Gasteiger partial charge is 0.497 e. The summed E-state index contributed by atoms with van der Waals surface area (Å²) in [7, 11) is 2.65. The van der Waals surface area contributed by atoms with Crippen LogP contribution in [0.2, 0.25) is 0 Å². The van der Waals surface area contributed by atoms with Crippen molar-refractivity contribution in [2.24, 2.45) is 5.92 Å². The average molecular weight is 488 g/mol. The summed E-state index contributed by atoms with van der Waals surface area (Å²) in [5, 5.41) is 24.4. The number of benzene rings is 2. The Morgan fingerprint density at radius 1 is 1.09 bits per heavy atom. The first kappa shape index (κ1) is 24.9. The number of carbonyl (C=O) groups is 3. The number of nitro groups is 2. The lowest BCUT2D eigenvalue weighted by molar-refractivity contribution is -0.384. The summed E-state index contributed by atoms with van der Waals surface area (Å²) in [6.07, 6.45) is -0.206. The lowest BCUT2D eigenvalue weighted by Crippen LogP contribution is -2.28. The molecule has 1 fully saturated rings. The number of carbonyl (C=O) groups excluding carboxylic acids is 3. The summed E-state index contributed by atoms with van der Waals surface area (Å²) in [6.45, 7) is -0.826. The third-order valence-corrected chi connectivity index (χ3v) is 5.14. The number of non-ortho nitro benzene ring substituents is 1. The molecule has 1 heterocycles. The molecule has 0 aromatic heterocycles. The van der Waals surface area contributed by atoms with E-state index in [-0.39, 0.29) is 47.2 Å². The molecule has 2 amide bonds. The number of hydrogen-bond donors (Lipinski definition) is 1. The van der Waals surface area contributed by atoms with E-state index in [9.17, 15) is 34.6 Å². The van der Waals surface area contributed by atoms with E-state index >= 15 is 0 Å². The molecule has 1 aliphatic rings. The van der Waals surface area contributed by atoms with E-state index in [1.165, 1.54) is 43.4 Å². The topological polar surface area (TPSA) is 180 Å². The van der Waals surface area contributed by atoms with Crippen LogP contribution in [0.3, 0.4) is 0 Å². The number of nitrogens with zero attached hydrogens (tertiary/aromatic N) is 3. The minimum atomic E-state index is -0.902. The van der Waals surface area contributed by atoms with Gasteiger partial charge in [-0.25, -0.2) is 0 Å². The number of ether oxygens (including phenoxy) is 3. The van der Waals surface area contributed by atoms with Crippen molar-refractivity contribution in [1.29, 1.82) is 0 Å². The van der Waals surface area contributed by atoms with Gasteiger partial charge in [-0.1, -0.05) is 0 Å².